The Kier molecular flexibility index (Phi) is 4.56. The minimum atomic E-state index is 0.00249. The number of hydrogen-bond donors (Lipinski definition) is 1. The zero-order valence-electron chi connectivity index (χ0n) is 11.6. The van der Waals surface area contributed by atoms with E-state index in [1.54, 1.807) is 4.90 Å². The van der Waals surface area contributed by atoms with E-state index in [-0.39, 0.29) is 17.9 Å². The Morgan fingerprint density at radius 1 is 1.47 bits per heavy atom. The van der Waals surface area contributed by atoms with Crippen LogP contribution in [0.5, 0.6) is 0 Å². The summed E-state index contributed by atoms with van der Waals surface area (Å²) in [5, 5.41) is 0. The van der Waals surface area contributed by atoms with Crippen molar-refractivity contribution in [1.29, 1.82) is 0 Å². The summed E-state index contributed by atoms with van der Waals surface area (Å²) in [6.45, 7) is 3.81. The van der Waals surface area contributed by atoms with Crippen molar-refractivity contribution in [1.82, 2.24) is 4.90 Å². The SMILES string of the molecule is CC1OCCC1C(=O)N(C)Cc1cccc(CN)c1. The molecule has 2 unspecified atom stereocenters. The summed E-state index contributed by atoms with van der Waals surface area (Å²) in [6, 6.07) is 8.06. The second-order valence-corrected chi connectivity index (χ2v) is 5.19. The van der Waals surface area contributed by atoms with Gasteiger partial charge < -0.3 is 15.4 Å². The van der Waals surface area contributed by atoms with Crippen LogP contribution in [-0.2, 0) is 22.6 Å². The average molecular weight is 262 g/mol. The summed E-state index contributed by atoms with van der Waals surface area (Å²) >= 11 is 0. The number of hydrogen-bond acceptors (Lipinski definition) is 3. The molecule has 2 N–H and O–H groups in total. The second kappa shape index (κ2) is 6.17. The molecule has 19 heavy (non-hydrogen) atoms. The largest absolute Gasteiger partial charge is 0.378 e. The van der Waals surface area contributed by atoms with Crippen LogP contribution in [0.1, 0.15) is 24.5 Å². The lowest BCUT2D eigenvalue weighted by molar-refractivity contribution is -0.136. The first-order valence-corrected chi connectivity index (χ1v) is 6.76. The number of benzene rings is 1. The van der Waals surface area contributed by atoms with Crippen molar-refractivity contribution in [3.8, 4) is 0 Å². The van der Waals surface area contributed by atoms with Crippen LogP contribution in [-0.4, -0.2) is 30.6 Å². The molecule has 2 rings (SSSR count). The van der Waals surface area contributed by atoms with Crippen LogP contribution in [0.15, 0.2) is 24.3 Å². The van der Waals surface area contributed by atoms with Crippen LogP contribution in [0, 0.1) is 5.92 Å². The monoisotopic (exact) mass is 262 g/mol. The fraction of sp³-hybridized carbons (Fsp3) is 0.533. The topological polar surface area (TPSA) is 55.6 Å². The van der Waals surface area contributed by atoms with Crippen molar-refractivity contribution < 1.29 is 9.53 Å². The Morgan fingerprint density at radius 3 is 2.84 bits per heavy atom. The van der Waals surface area contributed by atoms with E-state index < -0.39 is 0 Å². The van der Waals surface area contributed by atoms with Gasteiger partial charge in [0.15, 0.2) is 0 Å². The molecule has 2 atom stereocenters. The Morgan fingerprint density at radius 2 is 2.21 bits per heavy atom. The summed E-state index contributed by atoms with van der Waals surface area (Å²) in [5.41, 5.74) is 7.84. The molecule has 0 spiro atoms. The molecule has 0 aromatic heterocycles. The molecular formula is C15H22N2O2. The molecule has 1 heterocycles. The lowest BCUT2D eigenvalue weighted by Gasteiger charge is -2.23. The van der Waals surface area contributed by atoms with E-state index in [1.165, 1.54) is 0 Å². The van der Waals surface area contributed by atoms with E-state index in [9.17, 15) is 4.79 Å². The van der Waals surface area contributed by atoms with Crippen molar-refractivity contribution in [2.45, 2.75) is 32.5 Å². The van der Waals surface area contributed by atoms with Gasteiger partial charge in [0.2, 0.25) is 5.91 Å². The van der Waals surface area contributed by atoms with Gasteiger partial charge in [-0.2, -0.15) is 0 Å². The van der Waals surface area contributed by atoms with Gasteiger partial charge in [-0.25, -0.2) is 0 Å². The third kappa shape index (κ3) is 3.33. The highest BCUT2D eigenvalue weighted by Gasteiger charge is 2.32. The summed E-state index contributed by atoms with van der Waals surface area (Å²) in [4.78, 5) is 14.1. The second-order valence-electron chi connectivity index (χ2n) is 5.19. The number of nitrogens with two attached hydrogens (primary N) is 1. The summed E-state index contributed by atoms with van der Waals surface area (Å²) in [5.74, 6) is 0.172. The fourth-order valence-electron chi connectivity index (χ4n) is 2.55. The zero-order chi connectivity index (χ0) is 13.8. The molecule has 1 aromatic carbocycles. The lowest BCUT2D eigenvalue weighted by Crippen LogP contribution is -2.35. The van der Waals surface area contributed by atoms with Crippen molar-refractivity contribution in [3.05, 3.63) is 35.4 Å². The zero-order valence-corrected chi connectivity index (χ0v) is 11.6. The van der Waals surface area contributed by atoms with Crippen molar-refractivity contribution in [3.63, 3.8) is 0 Å². The standard InChI is InChI=1S/C15H22N2O2/c1-11-14(6-7-19-11)15(18)17(2)10-13-5-3-4-12(8-13)9-16/h3-5,8,11,14H,6-7,9-10,16H2,1-2H3. The maximum absolute atomic E-state index is 12.3. The third-order valence-corrected chi connectivity index (χ3v) is 3.72. The Bertz CT molecular complexity index is 448. The van der Waals surface area contributed by atoms with Gasteiger partial charge in [-0.3, -0.25) is 4.79 Å². The van der Waals surface area contributed by atoms with Gasteiger partial charge >= 0.3 is 0 Å². The van der Waals surface area contributed by atoms with Gasteiger partial charge in [0.1, 0.15) is 0 Å². The first kappa shape index (κ1) is 14.0. The van der Waals surface area contributed by atoms with Gasteiger partial charge in [-0.1, -0.05) is 24.3 Å². The third-order valence-electron chi connectivity index (χ3n) is 3.72. The Balaban J connectivity index is 1.99. The Labute approximate surface area is 114 Å². The minimum absolute atomic E-state index is 0.00249. The molecule has 1 aliphatic rings. The number of nitrogens with zero attached hydrogens (tertiary/aromatic N) is 1. The number of rotatable bonds is 4. The first-order chi connectivity index (χ1) is 9.11. The van der Waals surface area contributed by atoms with Crippen LogP contribution in [0.4, 0.5) is 0 Å². The van der Waals surface area contributed by atoms with Crippen LogP contribution in [0.3, 0.4) is 0 Å². The molecule has 104 valence electrons. The molecule has 1 amide bonds. The maximum Gasteiger partial charge on any atom is 0.228 e. The molecule has 1 saturated heterocycles. The van der Waals surface area contributed by atoms with Gasteiger partial charge in [0.05, 0.1) is 12.0 Å². The smallest absolute Gasteiger partial charge is 0.228 e. The quantitative estimate of drug-likeness (QED) is 0.895. The van der Waals surface area contributed by atoms with E-state index in [2.05, 4.69) is 6.07 Å². The van der Waals surface area contributed by atoms with Crippen LogP contribution in [0.2, 0.25) is 0 Å². The molecule has 1 aliphatic heterocycles. The molecule has 0 aliphatic carbocycles. The molecule has 0 saturated carbocycles. The van der Waals surface area contributed by atoms with E-state index in [0.717, 1.165) is 17.5 Å². The average Bonchev–Trinajstić information content (AvgIpc) is 2.84. The fourth-order valence-corrected chi connectivity index (χ4v) is 2.55. The van der Waals surface area contributed by atoms with E-state index >= 15 is 0 Å². The first-order valence-electron chi connectivity index (χ1n) is 6.76. The van der Waals surface area contributed by atoms with Crippen molar-refractivity contribution in [2.75, 3.05) is 13.7 Å². The van der Waals surface area contributed by atoms with Gasteiger partial charge in [0.25, 0.3) is 0 Å². The Hall–Kier alpha value is -1.39. The van der Waals surface area contributed by atoms with E-state index in [1.807, 2.05) is 32.2 Å². The van der Waals surface area contributed by atoms with Crippen LogP contribution >= 0.6 is 0 Å². The summed E-state index contributed by atoms with van der Waals surface area (Å²) in [7, 11) is 1.85. The predicted octanol–water partition coefficient (Wildman–Crippen LogP) is 1.53. The minimum Gasteiger partial charge on any atom is -0.378 e. The summed E-state index contributed by atoms with van der Waals surface area (Å²) < 4.78 is 5.46. The molecule has 1 fully saturated rings. The van der Waals surface area contributed by atoms with Crippen LogP contribution in [0.25, 0.3) is 0 Å². The molecule has 1 aromatic rings. The lowest BCUT2D eigenvalue weighted by atomic mass is 10.0. The molecule has 4 nitrogen and oxygen atoms in total. The maximum atomic E-state index is 12.3. The number of amides is 1. The van der Waals surface area contributed by atoms with Gasteiger partial charge in [0, 0.05) is 26.7 Å². The van der Waals surface area contributed by atoms with Crippen molar-refractivity contribution >= 4 is 5.91 Å². The molecule has 0 bridgehead atoms. The number of carbonyl (C=O) groups excluding carboxylic acids is 1. The van der Waals surface area contributed by atoms with Crippen LogP contribution < -0.4 is 5.73 Å². The van der Waals surface area contributed by atoms with Gasteiger partial charge in [-0.05, 0) is 24.5 Å². The van der Waals surface area contributed by atoms with Gasteiger partial charge in [-0.15, -0.1) is 0 Å². The normalized spacial score (nSPS) is 22.5. The van der Waals surface area contributed by atoms with Crippen molar-refractivity contribution in [2.24, 2.45) is 11.7 Å². The molecule has 0 radical (unpaired) electrons. The predicted molar refractivity (Wildman–Crippen MR) is 74.3 cm³/mol. The van der Waals surface area contributed by atoms with E-state index in [0.29, 0.717) is 19.7 Å². The highest BCUT2D eigenvalue weighted by Crippen LogP contribution is 2.23. The number of ether oxygens (including phenoxy) is 1. The summed E-state index contributed by atoms with van der Waals surface area (Å²) in [6.07, 6.45) is 0.859. The number of carbonyl (C=O) groups is 1. The highest BCUT2D eigenvalue weighted by atomic mass is 16.5. The highest BCUT2D eigenvalue weighted by molar-refractivity contribution is 5.79. The molecule has 4 heteroatoms. The molecular weight excluding hydrogens is 240 g/mol. The van der Waals surface area contributed by atoms with E-state index in [4.69, 9.17) is 10.5 Å².